The van der Waals surface area contributed by atoms with Gasteiger partial charge in [-0.05, 0) is 19.0 Å². The molecule has 2 atom stereocenters. The monoisotopic (exact) mass is 334 g/mol. The van der Waals surface area contributed by atoms with Crippen LogP contribution in [0.25, 0.3) is 0 Å². The van der Waals surface area contributed by atoms with Gasteiger partial charge in [0.15, 0.2) is 11.5 Å². The van der Waals surface area contributed by atoms with Gasteiger partial charge in [0.05, 0.1) is 20.8 Å². The summed E-state index contributed by atoms with van der Waals surface area (Å²) in [6, 6.07) is 6.17. The van der Waals surface area contributed by atoms with Crippen LogP contribution in [0.5, 0.6) is 11.5 Å². The Labute approximate surface area is 143 Å². The molecule has 0 aliphatic carbocycles. The topological polar surface area (TPSA) is 51.2 Å². The maximum Gasteiger partial charge on any atom is 0.248 e. The van der Waals surface area contributed by atoms with Crippen molar-refractivity contribution in [3.8, 4) is 11.5 Å². The fourth-order valence-corrected chi connectivity index (χ4v) is 3.73. The van der Waals surface area contributed by atoms with Crippen LogP contribution in [-0.4, -0.2) is 69.3 Å². The Morgan fingerprint density at radius 2 is 2.12 bits per heavy atom. The van der Waals surface area contributed by atoms with E-state index in [0.717, 1.165) is 43.1 Å². The van der Waals surface area contributed by atoms with Crippen molar-refractivity contribution < 1.29 is 19.0 Å². The molecule has 0 saturated carbocycles. The van der Waals surface area contributed by atoms with Gasteiger partial charge in [-0.25, -0.2) is 0 Å². The number of para-hydroxylation sites is 1. The Hall–Kier alpha value is -1.79. The Bertz CT molecular complexity index is 592. The lowest BCUT2D eigenvalue weighted by Gasteiger charge is -2.41. The van der Waals surface area contributed by atoms with Gasteiger partial charge in [-0.15, -0.1) is 0 Å². The third-order valence-electron chi connectivity index (χ3n) is 5.13. The number of hydrogen-bond donors (Lipinski definition) is 0. The maximum atomic E-state index is 12.1. The largest absolute Gasteiger partial charge is 0.493 e. The fourth-order valence-electron chi connectivity index (χ4n) is 3.73. The van der Waals surface area contributed by atoms with Crippen LogP contribution in [0.2, 0.25) is 0 Å². The number of carbonyl (C=O) groups is 1. The van der Waals surface area contributed by atoms with Crippen LogP contribution in [0.3, 0.4) is 0 Å². The molecule has 0 unspecified atom stereocenters. The van der Waals surface area contributed by atoms with Crippen LogP contribution in [0.4, 0.5) is 0 Å². The molecule has 2 aliphatic heterocycles. The quantitative estimate of drug-likeness (QED) is 0.833. The van der Waals surface area contributed by atoms with E-state index in [-0.39, 0.29) is 18.6 Å². The lowest BCUT2D eigenvalue weighted by molar-refractivity contribution is -0.134. The van der Waals surface area contributed by atoms with Crippen molar-refractivity contribution in [1.29, 1.82) is 0 Å². The van der Waals surface area contributed by atoms with Crippen LogP contribution in [0.1, 0.15) is 12.0 Å². The molecule has 24 heavy (non-hydrogen) atoms. The molecule has 3 rings (SSSR count). The highest BCUT2D eigenvalue weighted by molar-refractivity contribution is 5.77. The molecule has 0 radical (unpaired) electrons. The van der Waals surface area contributed by atoms with E-state index in [4.69, 9.17) is 14.2 Å². The second-order valence-corrected chi connectivity index (χ2v) is 6.52. The highest BCUT2D eigenvalue weighted by atomic mass is 16.5. The van der Waals surface area contributed by atoms with Crippen LogP contribution >= 0.6 is 0 Å². The van der Waals surface area contributed by atoms with E-state index in [9.17, 15) is 4.79 Å². The van der Waals surface area contributed by atoms with Crippen molar-refractivity contribution >= 4 is 5.91 Å². The van der Waals surface area contributed by atoms with E-state index in [1.165, 1.54) is 0 Å². The first-order valence-corrected chi connectivity index (χ1v) is 8.39. The number of ether oxygens (including phenoxy) is 3. The van der Waals surface area contributed by atoms with Crippen LogP contribution in [0.15, 0.2) is 18.2 Å². The summed E-state index contributed by atoms with van der Waals surface area (Å²) in [4.78, 5) is 16.3. The molecular weight excluding hydrogens is 308 g/mol. The number of piperidine rings is 1. The minimum absolute atomic E-state index is 0.0725. The van der Waals surface area contributed by atoms with Gasteiger partial charge in [0.1, 0.15) is 6.61 Å². The molecule has 2 fully saturated rings. The standard InChI is InChI=1S/C18H26N2O4/c1-19-15-10-20(8-7-14(15)11-24-12-17(19)21)9-13-5-4-6-16(22-2)18(13)23-3/h4-6,14-15H,7-12H2,1-3H3/t14-,15-/m0/s1. The molecule has 2 heterocycles. The molecule has 1 amide bonds. The first-order chi connectivity index (χ1) is 11.6. The highest BCUT2D eigenvalue weighted by Crippen LogP contribution is 2.33. The summed E-state index contributed by atoms with van der Waals surface area (Å²) in [5.41, 5.74) is 1.11. The summed E-state index contributed by atoms with van der Waals surface area (Å²) >= 11 is 0. The molecule has 0 N–H and O–H groups in total. The number of amides is 1. The molecule has 1 aromatic carbocycles. The van der Waals surface area contributed by atoms with Gasteiger partial charge in [-0.1, -0.05) is 12.1 Å². The third-order valence-corrected chi connectivity index (χ3v) is 5.13. The number of rotatable bonds is 4. The van der Waals surface area contributed by atoms with E-state index in [2.05, 4.69) is 11.0 Å². The van der Waals surface area contributed by atoms with Crippen molar-refractivity contribution in [2.45, 2.75) is 19.0 Å². The summed E-state index contributed by atoms with van der Waals surface area (Å²) < 4.78 is 16.4. The van der Waals surface area contributed by atoms with E-state index >= 15 is 0 Å². The molecule has 2 saturated heterocycles. The summed E-state index contributed by atoms with van der Waals surface area (Å²) in [5, 5.41) is 0. The molecule has 2 aliphatic rings. The van der Waals surface area contributed by atoms with Crippen molar-refractivity contribution in [1.82, 2.24) is 9.80 Å². The van der Waals surface area contributed by atoms with Gasteiger partial charge >= 0.3 is 0 Å². The van der Waals surface area contributed by atoms with Gasteiger partial charge < -0.3 is 19.1 Å². The second-order valence-electron chi connectivity index (χ2n) is 6.52. The minimum atomic E-state index is 0.0725. The summed E-state index contributed by atoms with van der Waals surface area (Å²) in [6.45, 7) is 3.51. The Kier molecular flexibility index (Phi) is 5.26. The zero-order valence-corrected chi connectivity index (χ0v) is 14.7. The van der Waals surface area contributed by atoms with E-state index in [0.29, 0.717) is 12.5 Å². The van der Waals surface area contributed by atoms with Crippen molar-refractivity contribution in [3.63, 3.8) is 0 Å². The van der Waals surface area contributed by atoms with Gasteiger partial charge in [-0.3, -0.25) is 9.69 Å². The highest BCUT2D eigenvalue weighted by Gasteiger charge is 2.36. The lowest BCUT2D eigenvalue weighted by atomic mass is 9.91. The smallest absolute Gasteiger partial charge is 0.248 e. The van der Waals surface area contributed by atoms with E-state index in [1.807, 2.05) is 24.1 Å². The molecule has 0 aromatic heterocycles. The normalized spacial score (nSPS) is 25.1. The summed E-state index contributed by atoms with van der Waals surface area (Å²) in [7, 11) is 5.21. The average Bonchev–Trinajstić information content (AvgIpc) is 2.74. The number of hydrogen-bond acceptors (Lipinski definition) is 5. The van der Waals surface area contributed by atoms with Crippen LogP contribution in [0, 0.1) is 5.92 Å². The van der Waals surface area contributed by atoms with Crippen molar-refractivity contribution in [2.24, 2.45) is 5.92 Å². The second kappa shape index (κ2) is 7.40. The number of fused-ring (bicyclic) bond motifs is 1. The fraction of sp³-hybridized carbons (Fsp3) is 0.611. The van der Waals surface area contributed by atoms with Gasteiger partial charge in [0, 0.05) is 37.7 Å². The van der Waals surface area contributed by atoms with E-state index in [1.54, 1.807) is 14.2 Å². The predicted octanol–water partition coefficient (Wildman–Crippen LogP) is 1.38. The predicted molar refractivity (Wildman–Crippen MR) is 90.3 cm³/mol. The molecule has 1 aromatic rings. The molecule has 6 nitrogen and oxygen atoms in total. The van der Waals surface area contributed by atoms with Crippen molar-refractivity contribution in [3.05, 3.63) is 23.8 Å². The molecule has 6 heteroatoms. The molecular formula is C18H26N2O4. The Morgan fingerprint density at radius 1 is 1.29 bits per heavy atom. The Morgan fingerprint density at radius 3 is 2.88 bits per heavy atom. The van der Waals surface area contributed by atoms with Crippen LogP contribution < -0.4 is 9.47 Å². The molecule has 0 bridgehead atoms. The SMILES string of the molecule is COc1cccc(CN2CC[C@H]3COCC(=O)N(C)[C@H]3C2)c1OC. The van der Waals surface area contributed by atoms with Gasteiger partial charge in [-0.2, -0.15) is 0 Å². The first kappa shape index (κ1) is 17.0. The number of benzene rings is 1. The van der Waals surface area contributed by atoms with Crippen LogP contribution in [-0.2, 0) is 16.1 Å². The zero-order valence-electron chi connectivity index (χ0n) is 14.7. The van der Waals surface area contributed by atoms with E-state index < -0.39 is 0 Å². The molecule has 0 spiro atoms. The Balaban J connectivity index is 1.74. The number of carbonyl (C=O) groups excluding carboxylic acids is 1. The number of likely N-dealkylation sites (N-methyl/N-ethyl adjacent to an activating group) is 1. The van der Waals surface area contributed by atoms with Crippen molar-refractivity contribution in [2.75, 3.05) is 47.6 Å². The zero-order chi connectivity index (χ0) is 17.1. The number of methoxy groups -OCH3 is 2. The van der Waals surface area contributed by atoms with Gasteiger partial charge in [0.25, 0.3) is 0 Å². The molecule has 132 valence electrons. The third kappa shape index (κ3) is 3.35. The number of nitrogens with zero attached hydrogens (tertiary/aromatic N) is 2. The maximum absolute atomic E-state index is 12.1. The summed E-state index contributed by atoms with van der Waals surface area (Å²) in [6.07, 6.45) is 1.04. The average molecular weight is 334 g/mol. The summed E-state index contributed by atoms with van der Waals surface area (Å²) in [5.74, 6) is 2.03. The lowest BCUT2D eigenvalue weighted by Crippen LogP contribution is -2.52. The minimum Gasteiger partial charge on any atom is -0.493 e. The number of likely N-dealkylation sites (tertiary alicyclic amines) is 1. The first-order valence-electron chi connectivity index (χ1n) is 8.39. The van der Waals surface area contributed by atoms with Gasteiger partial charge in [0.2, 0.25) is 5.91 Å².